The average Bonchev–Trinajstić information content (AvgIpc) is 3.08. The molecule has 1 aliphatic carbocycles. The van der Waals surface area contributed by atoms with E-state index in [-0.39, 0.29) is 0 Å². The third kappa shape index (κ3) is 3.16. The number of carboxylic acid groups (broad SMARTS) is 1. The molecule has 2 unspecified atom stereocenters. The molecule has 1 saturated carbocycles. The molecule has 19 heavy (non-hydrogen) atoms. The summed E-state index contributed by atoms with van der Waals surface area (Å²) in [5.74, 6) is -1.75. The molecule has 3 N–H and O–H groups in total. The van der Waals surface area contributed by atoms with Crippen LogP contribution < -0.4 is 5.32 Å². The lowest BCUT2D eigenvalue weighted by Gasteiger charge is -2.17. The lowest BCUT2D eigenvalue weighted by Crippen LogP contribution is -2.48. The van der Waals surface area contributed by atoms with Crippen molar-refractivity contribution in [2.75, 3.05) is 0 Å². The zero-order chi connectivity index (χ0) is 14.2. The normalized spacial score (nSPS) is 17.8. The number of aromatic nitrogens is 1. The fourth-order valence-corrected chi connectivity index (χ4v) is 2.32. The van der Waals surface area contributed by atoms with Crippen LogP contribution in [0.4, 0.5) is 0 Å². The summed E-state index contributed by atoms with van der Waals surface area (Å²) in [6.07, 6.45) is 2.68. The molecule has 7 heteroatoms. The molecule has 0 bridgehead atoms. The van der Waals surface area contributed by atoms with E-state index < -0.39 is 24.0 Å². The molecule has 0 aromatic carbocycles. The number of amides is 1. The van der Waals surface area contributed by atoms with Gasteiger partial charge >= 0.3 is 5.97 Å². The van der Waals surface area contributed by atoms with E-state index in [4.69, 9.17) is 5.11 Å². The van der Waals surface area contributed by atoms with Crippen molar-refractivity contribution in [1.82, 2.24) is 9.88 Å². The molecule has 6 nitrogen and oxygen atoms in total. The quantitative estimate of drug-likeness (QED) is 0.755. The maximum atomic E-state index is 12.1. The van der Waals surface area contributed by atoms with Crippen molar-refractivity contribution in [3.8, 4) is 0 Å². The summed E-state index contributed by atoms with van der Waals surface area (Å²) in [4.78, 5) is 23.1. The number of carbonyl (C=O) groups excluding carboxylic acids is 1. The fourth-order valence-electron chi connectivity index (χ4n) is 1.89. The first-order valence-electron chi connectivity index (χ1n) is 5.99. The predicted molar refractivity (Wildman–Crippen MR) is 71.0 cm³/mol. The highest BCUT2D eigenvalue weighted by atomic mass is 79.9. The first-order chi connectivity index (χ1) is 8.90. The van der Waals surface area contributed by atoms with E-state index in [1.807, 2.05) is 10.8 Å². The minimum absolute atomic E-state index is 0.307. The number of nitrogens with one attached hydrogen (secondary N) is 1. The molecular formula is C12H15BrN2O4. The number of hydrogen-bond donors (Lipinski definition) is 3. The topological polar surface area (TPSA) is 91.6 Å². The van der Waals surface area contributed by atoms with Gasteiger partial charge in [-0.2, -0.15) is 0 Å². The van der Waals surface area contributed by atoms with Crippen molar-refractivity contribution in [3.63, 3.8) is 0 Å². The first-order valence-corrected chi connectivity index (χ1v) is 6.78. The maximum Gasteiger partial charge on any atom is 0.328 e. The Kier molecular flexibility index (Phi) is 3.96. The van der Waals surface area contributed by atoms with Crippen molar-refractivity contribution in [2.45, 2.75) is 38.0 Å². The van der Waals surface area contributed by atoms with E-state index in [1.54, 1.807) is 6.07 Å². The molecule has 2 rings (SSSR count). The third-order valence-corrected chi connectivity index (χ3v) is 3.46. The highest BCUT2D eigenvalue weighted by Crippen LogP contribution is 2.37. The Morgan fingerprint density at radius 1 is 1.53 bits per heavy atom. The summed E-state index contributed by atoms with van der Waals surface area (Å²) in [6, 6.07) is 0.643. The molecule has 1 amide bonds. The number of carbonyl (C=O) groups is 2. The zero-order valence-corrected chi connectivity index (χ0v) is 11.9. The molecule has 0 saturated heterocycles. The van der Waals surface area contributed by atoms with Crippen LogP contribution in [0.25, 0.3) is 0 Å². The van der Waals surface area contributed by atoms with Crippen molar-refractivity contribution in [1.29, 1.82) is 0 Å². The lowest BCUT2D eigenvalue weighted by molar-refractivity contribution is -0.141. The Morgan fingerprint density at radius 3 is 2.63 bits per heavy atom. The number of rotatable bonds is 5. The number of nitrogens with zero attached hydrogens (tertiary/aromatic N) is 1. The molecule has 0 radical (unpaired) electrons. The van der Waals surface area contributed by atoms with E-state index in [0.717, 1.165) is 17.3 Å². The molecule has 1 aromatic heterocycles. The molecule has 1 fully saturated rings. The molecule has 0 aliphatic heterocycles. The third-order valence-electron chi connectivity index (χ3n) is 3.02. The van der Waals surface area contributed by atoms with Gasteiger partial charge in [-0.15, -0.1) is 0 Å². The number of aliphatic hydroxyl groups is 1. The second-order valence-corrected chi connectivity index (χ2v) is 5.63. The summed E-state index contributed by atoms with van der Waals surface area (Å²) in [5.41, 5.74) is 0.404. The molecule has 104 valence electrons. The van der Waals surface area contributed by atoms with E-state index in [0.29, 0.717) is 11.7 Å². The van der Waals surface area contributed by atoms with Crippen molar-refractivity contribution in [3.05, 3.63) is 22.4 Å². The van der Waals surface area contributed by atoms with Gasteiger partial charge in [-0.1, -0.05) is 0 Å². The van der Waals surface area contributed by atoms with Crippen molar-refractivity contribution < 1.29 is 19.8 Å². The van der Waals surface area contributed by atoms with Crippen molar-refractivity contribution in [2.24, 2.45) is 0 Å². The van der Waals surface area contributed by atoms with Gasteiger partial charge in [0.05, 0.1) is 6.10 Å². The lowest BCUT2D eigenvalue weighted by atomic mass is 10.2. The smallest absolute Gasteiger partial charge is 0.328 e. The fraction of sp³-hybridized carbons (Fsp3) is 0.500. The van der Waals surface area contributed by atoms with Gasteiger partial charge in [0.25, 0.3) is 5.91 Å². The number of halogens is 1. The molecule has 2 atom stereocenters. The van der Waals surface area contributed by atoms with Gasteiger partial charge in [-0.05, 0) is 41.8 Å². The standard InChI is InChI=1S/C12H15BrN2O4/c1-6(16)10(12(18)19)14-11(17)9-4-7(13)5-15(9)8-2-3-8/h4-6,8,10,16H,2-3H2,1H3,(H,14,17)(H,18,19). The Labute approximate surface area is 118 Å². The number of hydrogen-bond acceptors (Lipinski definition) is 3. The molecular weight excluding hydrogens is 316 g/mol. The first kappa shape index (κ1) is 14.1. The zero-order valence-electron chi connectivity index (χ0n) is 10.3. The number of aliphatic carboxylic acids is 1. The second kappa shape index (κ2) is 5.34. The van der Waals surface area contributed by atoms with Crippen molar-refractivity contribution >= 4 is 27.8 Å². The van der Waals surface area contributed by atoms with Gasteiger partial charge in [-0.3, -0.25) is 4.79 Å². The van der Waals surface area contributed by atoms with Crippen LogP contribution in [0, 0.1) is 0 Å². The summed E-state index contributed by atoms with van der Waals surface area (Å²) < 4.78 is 2.61. The van der Waals surface area contributed by atoms with Crippen LogP contribution in [0.2, 0.25) is 0 Å². The number of carboxylic acids is 1. The van der Waals surface area contributed by atoms with Gasteiger partial charge in [0.15, 0.2) is 6.04 Å². The van der Waals surface area contributed by atoms with Crippen LogP contribution in [0.1, 0.15) is 36.3 Å². The summed E-state index contributed by atoms with van der Waals surface area (Å²) in [5, 5.41) is 20.6. The van der Waals surface area contributed by atoms with E-state index in [9.17, 15) is 14.7 Å². The minimum Gasteiger partial charge on any atom is -0.480 e. The second-order valence-electron chi connectivity index (χ2n) is 4.71. The largest absolute Gasteiger partial charge is 0.480 e. The van der Waals surface area contributed by atoms with Crippen LogP contribution in [-0.2, 0) is 4.79 Å². The number of aliphatic hydroxyl groups excluding tert-OH is 1. The SMILES string of the molecule is CC(O)C(NC(=O)c1cc(Br)cn1C1CC1)C(=O)O. The Hall–Kier alpha value is -1.34. The van der Waals surface area contributed by atoms with Gasteiger partial charge in [-0.25, -0.2) is 4.79 Å². The average molecular weight is 331 g/mol. The minimum atomic E-state index is -1.31. The highest BCUT2D eigenvalue weighted by Gasteiger charge is 2.30. The maximum absolute atomic E-state index is 12.1. The van der Waals surface area contributed by atoms with E-state index >= 15 is 0 Å². The highest BCUT2D eigenvalue weighted by molar-refractivity contribution is 9.10. The van der Waals surface area contributed by atoms with E-state index in [1.165, 1.54) is 6.92 Å². The van der Waals surface area contributed by atoms with Crippen LogP contribution in [0.3, 0.4) is 0 Å². The molecule has 1 aliphatic rings. The Balaban J connectivity index is 2.17. The summed E-state index contributed by atoms with van der Waals surface area (Å²) in [7, 11) is 0. The molecule has 1 aromatic rings. The predicted octanol–water partition coefficient (Wildman–Crippen LogP) is 1.15. The molecule has 1 heterocycles. The van der Waals surface area contributed by atoms with Gasteiger partial charge in [0.1, 0.15) is 5.69 Å². The van der Waals surface area contributed by atoms with Gasteiger partial charge < -0.3 is 20.1 Å². The van der Waals surface area contributed by atoms with E-state index in [2.05, 4.69) is 21.2 Å². The van der Waals surface area contributed by atoms with Crippen LogP contribution in [-0.4, -0.2) is 38.8 Å². The Bertz CT molecular complexity index is 508. The summed E-state index contributed by atoms with van der Waals surface area (Å²) >= 11 is 3.30. The monoisotopic (exact) mass is 330 g/mol. The van der Waals surface area contributed by atoms with Gasteiger partial charge in [0, 0.05) is 16.7 Å². The molecule has 0 spiro atoms. The van der Waals surface area contributed by atoms with Gasteiger partial charge in [0.2, 0.25) is 0 Å². The Morgan fingerprint density at radius 2 is 2.16 bits per heavy atom. The van der Waals surface area contributed by atoms with Crippen LogP contribution >= 0.6 is 15.9 Å². The summed E-state index contributed by atoms with van der Waals surface area (Å²) in [6.45, 7) is 1.33. The van der Waals surface area contributed by atoms with Crippen LogP contribution in [0.5, 0.6) is 0 Å². The van der Waals surface area contributed by atoms with Crippen LogP contribution in [0.15, 0.2) is 16.7 Å².